The Bertz CT molecular complexity index is 196. The van der Waals surface area contributed by atoms with Crippen molar-refractivity contribution in [3.63, 3.8) is 0 Å². The number of hydrogen-bond acceptors (Lipinski definition) is 4. The van der Waals surface area contributed by atoms with Gasteiger partial charge in [-0.3, -0.25) is 5.10 Å². The first kappa shape index (κ1) is 9.02. The van der Waals surface area contributed by atoms with Crippen molar-refractivity contribution in [3.8, 4) is 0 Å². The fraction of sp³-hybridized carbons (Fsp3) is 0.571. The lowest BCUT2D eigenvalue weighted by Crippen LogP contribution is -2.23. The minimum Gasteiger partial charge on any atom is -0.377 e. The third-order valence-electron chi connectivity index (χ3n) is 1.50. The molecule has 0 aliphatic carbocycles. The van der Waals surface area contributed by atoms with Crippen LogP contribution in [-0.4, -0.2) is 37.3 Å². The number of ether oxygens (including phenoxy) is 2. The van der Waals surface area contributed by atoms with Gasteiger partial charge < -0.3 is 14.8 Å². The lowest BCUT2D eigenvalue weighted by atomic mass is 10.5. The standard InChI is InChI=1S/C7H13N3O2/c1-11-7(12-2)5-8-6-3-9-10-4-6/h3-4,7-8H,5H2,1-2H3,(H,9,10). The summed E-state index contributed by atoms with van der Waals surface area (Å²) in [4.78, 5) is 0. The van der Waals surface area contributed by atoms with E-state index in [-0.39, 0.29) is 6.29 Å². The van der Waals surface area contributed by atoms with Gasteiger partial charge >= 0.3 is 0 Å². The Hall–Kier alpha value is -1.07. The second kappa shape index (κ2) is 4.74. The van der Waals surface area contributed by atoms with Crippen LogP contribution >= 0.6 is 0 Å². The molecule has 1 aromatic heterocycles. The molecular weight excluding hydrogens is 158 g/mol. The molecule has 1 rings (SSSR count). The highest BCUT2D eigenvalue weighted by molar-refractivity contribution is 5.37. The lowest BCUT2D eigenvalue weighted by Gasteiger charge is -2.13. The van der Waals surface area contributed by atoms with E-state index in [1.807, 2.05) is 0 Å². The highest BCUT2D eigenvalue weighted by Gasteiger charge is 2.03. The van der Waals surface area contributed by atoms with Crippen LogP contribution in [0.25, 0.3) is 0 Å². The van der Waals surface area contributed by atoms with Gasteiger partial charge in [0.05, 0.1) is 18.4 Å². The van der Waals surface area contributed by atoms with Crippen molar-refractivity contribution in [2.75, 3.05) is 26.1 Å². The molecule has 5 nitrogen and oxygen atoms in total. The Morgan fingerprint density at radius 1 is 1.58 bits per heavy atom. The van der Waals surface area contributed by atoms with E-state index < -0.39 is 0 Å². The zero-order valence-corrected chi connectivity index (χ0v) is 7.20. The van der Waals surface area contributed by atoms with Gasteiger partial charge in [-0.25, -0.2) is 0 Å². The van der Waals surface area contributed by atoms with E-state index in [1.54, 1.807) is 26.6 Å². The zero-order valence-electron chi connectivity index (χ0n) is 7.20. The predicted molar refractivity (Wildman–Crippen MR) is 44.9 cm³/mol. The van der Waals surface area contributed by atoms with Crippen molar-refractivity contribution in [2.24, 2.45) is 0 Å². The number of H-pyrrole nitrogens is 1. The summed E-state index contributed by atoms with van der Waals surface area (Å²) in [5, 5.41) is 9.56. The van der Waals surface area contributed by atoms with E-state index in [0.29, 0.717) is 6.54 Å². The predicted octanol–water partition coefficient (Wildman–Crippen LogP) is 0.440. The van der Waals surface area contributed by atoms with Crippen molar-refractivity contribution in [1.82, 2.24) is 10.2 Å². The van der Waals surface area contributed by atoms with Crippen LogP contribution in [0.1, 0.15) is 0 Å². The van der Waals surface area contributed by atoms with Crippen molar-refractivity contribution in [2.45, 2.75) is 6.29 Å². The lowest BCUT2D eigenvalue weighted by molar-refractivity contribution is -0.0914. The summed E-state index contributed by atoms with van der Waals surface area (Å²) in [7, 11) is 3.20. The molecule has 0 aliphatic heterocycles. The van der Waals surface area contributed by atoms with Gasteiger partial charge in [0, 0.05) is 20.4 Å². The van der Waals surface area contributed by atoms with Crippen molar-refractivity contribution >= 4 is 5.69 Å². The largest absolute Gasteiger partial charge is 0.377 e. The molecule has 0 aromatic carbocycles. The Labute approximate surface area is 71.1 Å². The fourth-order valence-corrected chi connectivity index (χ4v) is 0.812. The van der Waals surface area contributed by atoms with Gasteiger partial charge in [-0.2, -0.15) is 5.10 Å². The minimum absolute atomic E-state index is 0.222. The van der Waals surface area contributed by atoms with Crippen LogP contribution < -0.4 is 5.32 Å². The van der Waals surface area contributed by atoms with Gasteiger partial charge in [-0.1, -0.05) is 0 Å². The van der Waals surface area contributed by atoms with Gasteiger partial charge in [0.25, 0.3) is 0 Å². The Morgan fingerprint density at radius 3 is 2.83 bits per heavy atom. The van der Waals surface area contributed by atoms with E-state index in [4.69, 9.17) is 9.47 Å². The number of hydrogen-bond donors (Lipinski definition) is 2. The van der Waals surface area contributed by atoms with Gasteiger partial charge in [0.15, 0.2) is 6.29 Å². The molecule has 0 atom stereocenters. The average molecular weight is 171 g/mol. The second-order valence-corrected chi connectivity index (χ2v) is 2.27. The van der Waals surface area contributed by atoms with Crippen LogP contribution in [0.4, 0.5) is 5.69 Å². The monoisotopic (exact) mass is 171 g/mol. The number of nitrogens with zero attached hydrogens (tertiary/aromatic N) is 1. The molecule has 0 amide bonds. The molecule has 0 bridgehead atoms. The summed E-state index contributed by atoms with van der Waals surface area (Å²) in [6.07, 6.45) is 3.24. The Kier molecular flexibility index (Phi) is 3.56. The first-order valence-electron chi connectivity index (χ1n) is 3.65. The average Bonchev–Trinajstić information content (AvgIpc) is 2.59. The molecule has 0 aliphatic rings. The normalized spacial score (nSPS) is 10.6. The SMILES string of the molecule is COC(CNc1cn[nH]c1)OC. The van der Waals surface area contributed by atoms with Crippen LogP contribution in [0, 0.1) is 0 Å². The summed E-state index contributed by atoms with van der Waals surface area (Å²) in [6, 6.07) is 0. The molecule has 68 valence electrons. The van der Waals surface area contributed by atoms with Crippen LogP contribution in [0.5, 0.6) is 0 Å². The Balaban J connectivity index is 2.25. The van der Waals surface area contributed by atoms with Crippen molar-refractivity contribution in [3.05, 3.63) is 12.4 Å². The molecule has 1 aromatic rings. The molecule has 0 radical (unpaired) electrons. The second-order valence-electron chi connectivity index (χ2n) is 2.27. The summed E-state index contributed by atoms with van der Waals surface area (Å²) in [5.41, 5.74) is 0.925. The van der Waals surface area contributed by atoms with Crippen molar-refractivity contribution in [1.29, 1.82) is 0 Å². The first-order valence-corrected chi connectivity index (χ1v) is 3.65. The quantitative estimate of drug-likeness (QED) is 0.631. The summed E-state index contributed by atoms with van der Waals surface area (Å²) in [6.45, 7) is 0.604. The van der Waals surface area contributed by atoms with Gasteiger partial charge in [0.2, 0.25) is 0 Å². The molecule has 0 saturated heterocycles. The van der Waals surface area contributed by atoms with Crippen LogP contribution in [-0.2, 0) is 9.47 Å². The van der Waals surface area contributed by atoms with Gasteiger partial charge in [0.1, 0.15) is 0 Å². The van der Waals surface area contributed by atoms with E-state index >= 15 is 0 Å². The fourth-order valence-electron chi connectivity index (χ4n) is 0.812. The molecule has 0 fully saturated rings. The molecule has 12 heavy (non-hydrogen) atoms. The van der Waals surface area contributed by atoms with Crippen LogP contribution in [0.15, 0.2) is 12.4 Å². The molecule has 1 heterocycles. The maximum atomic E-state index is 4.98. The molecule has 5 heteroatoms. The molecule has 2 N–H and O–H groups in total. The third-order valence-corrected chi connectivity index (χ3v) is 1.50. The minimum atomic E-state index is -0.222. The van der Waals surface area contributed by atoms with Crippen LogP contribution in [0.2, 0.25) is 0 Å². The number of aromatic amines is 1. The summed E-state index contributed by atoms with van der Waals surface area (Å²) < 4.78 is 9.96. The molecule has 0 spiro atoms. The topological polar surface area (TPSA) is 59.2 Å². The maximum absolute atomic E-state index is 4.98. The molecule has 0 saturated carbocycles. The Morgan fingerprint density at radius 2 is 2.33 bits per heavy atom. The number of nitrogens with one attached hydrogen (secondary N) is 2. The van der Waals surface area contributed by atoms with Gasteiger partial charge in [-0.05, 0) is 0 Å². The number of aromatic nitrogens is 2. The molecule has 0 unspecified atom stereocenters. The third kappa shape index (κ3) is 2.52. The van der Waals surface area contributed by atoms with Crippen LogP contribution in [0.3, 0.4) is 0 Å². The smallest absolute Gasteiger partial charge is 0.173 e. The zero-order chi connectivity index (χ0) is 8.81. The van der Waals surface area contributed by atoms with E-state index in [9.17, 15) is 0 Å². The van der Waals surface area contributed by atoms with Gasteiger partial charge in [-0.15, -0.1) is 0 Å². The highest BCUT2D eigenvalue weighted by Crippen LogP contribution is 2.01. The van der Waals surface area contributed by atoms with E-state index in [2.05, 4.69) is 15.5 Å². The number of anilines is 1. The maximum Gasteiger partial charge on any atom is 0.173 e. The first-order chi connectivity index (χ1) is 5.86. The number of methoxy groups -OCH3 is 2. The summed E-state index contributed by atoms with van der Waals surface area (Å²) in [5.74, 6) is 0. The van der Waals surface area contributed by atoms with E-state index in [1.165, 1.54) is 0 Å². The molecular formula is C7H13N3O2. The number of rotatable bonds is 5. The van der Waals surface area contributed by atoms with Crippen molar-refractivity contribution < 1.29 is 9.47 Å². The highest BCUT2D eigenvalue weighted by atomic mass is 16.7. The summed E-state index contributed by atoms with van der Waals surface area (Å²) >= 11 is 0. The van der Waals surface area contributed by atoms with E-state index in [0.717, 1.165) is 5.69 Å².